The van der Waals surface area contributed by atoms with Gasteiger partial charge in [-0.3, -0.25) is 4.79 Å². The van der Waals surface area contributed by atoms with E-state index in [0.29, 0.717) is 5.69 Å². The van der Waals surface area contributed by atoms with Crippen LogP contribution in [0.2, 0.25) is 0 Å². The second-order valence-corrected chi connectivity index (χ2v) is 5.08. The summed E-state index contributed by atoms with van der Waals surface area (Å²) in [6.07, 6.45) is 9.03. The predicted molar refractivity (Wildman–Crippen MR) is 69.4 cm³/mol. The van der Waals surface area contributed by atoms with Gasteiger partial charge in [0.25, 0.3) is 0 Å². The van der Waals surface area contributed by atoms with Gasteiger partial charge in [-0.15, -0.1) is 0 Å². The lowest BCUT2D eigenvalue weighted by Crippen LogP contribution is -2.28. The Morgan fingerprint density at radius 2 is 1.83 bits per heavy atom. The Morgan fingerprint density at radius 1 is 1.17 bits per heavy atom. The highest BCUT2D eigenvalue weighted by atomic mass is 16.1. The van der Waals surface area contributed by atoms with E-state index < -0.39 is 0 Å². The largest absolute Gasteiger partial charge is 0.341 e. The molecule has 0 unspecified atom stereocenters. The van der Waals surface area contributed by atoms with Crippen LogP contribution in [0.1, 0.15) is 32.1 Å². The van der Waals surface area contributed by atoms with E-state index in [1.54, 1.807) is 12.4 Å². The molecule has 1 N–H and O–H groups in total. The normalized spacial score (nSPS) is 19.7. The fourth-order valence-electron chi connectivity index (χ4n) is 2.38. The summed E-state index contributed by atoms with van der Waals surface area (Å²) >= 11 is 0. The van der Waals surface area contributed by atoms with Gasteiger partial charge < -0.3 is 10.2 Å². The standard InChI is InChI=1S/C13H18N4O/c18-12(10-4-3-5-10)16-11-8-14-13(15-9-11)17-6-1-2-7-17/h8-10H,1-7H2,(H,16,18). The minimum absolute atomic E-state index is 0.110. The molecule has 0 aromatic carbocycles. The lowest BCUT2D eigenvalue weighted by molar-refractivity contribution is -0.122. The first kappa shape index (κ1) is 11.4. The Hall–Kier alpha value is -1.65. The van der Waals surface area contributed by atoms with Crippen molar-refractivity contribution < 1.29 is 4.79 Å². The van der Waals surface area contributed by atoms with E-state index in [1.165, 1.54) is 19.3 Å². The van der Waals surface area contributed by atoms with Crippen LogP contribution >= 0.6 is 0 Å². The predicted octanol–water partition coefficient (Wildman–Crippen LogP) is 1.82. The number of hydrogen-bond donors (Lipinski definition) is 1. The van der Waals surface area contributed by atoms with Crippen molar-refractivity contribution in [1.29, 1.82) is 0 Å². The lowest BCUT2D eigenvalue weighted by Gasteiger charge is -2.24. The number of nitrogens with zero attached hydrogens (tertiary/aromatic N) is 3. The quantitative estimate of drug-likeness (QED) is 0.883. The third kappa shape index (κ3) is 2.30. The third-order valence-corrected chi connectivity index (χ3v) is 3.77. The first-order valence-corrected chi connectivity index (χ1v) is 6.71. The van der Waals surface area contributed by atoms with Crippen molar-refractivity contribution in [2.75, 3.05) is 23.3 Å². The lowest BCUT2D eigenvalue weighted by atomic mass is 9.85. The van der Waals surface area contributed by atoms with Crippen LogP contribution in [0, 0.1) is 5.92 Å². The highest BCUT2D eigenvalue weighted by Gasteiger charge is 2.25. The van der Waals surface area contributed by atoms with Crippen molar-refractivity contribution >= 4 is 17.5 Å². The molecule has 1 aromatic rings. The monoisotopic (exact) mass is 246 g/mol. The molecule has 0 atom stereocenters. The Bertz CT molecular complexity index is 421. The zero-order valence-corrected chi connectivity index (χ0v) is 10.4. The fourth-order valence-corrected chi connectivity index (χ4v) is 2.38. The van der Waals surface area contributed by atoms with Crippen molar-refractivity contribution in [3.05, 3.63) is 12.4 Å². The molecule has 0 spiro atoms. The van der Waals surface area contributed by atoms with Crippen LogP contribution in [-0.2, 0) is 4.79 Å². The Kier molecular flexibility index (Phi) is 3.13. The van der Waals surface area contributed by atoms with Crippen molar-refractivity contribution in [3.63, 3.8) is 0 Å². The summed E-state index contributed by atoms with van der Waals surface area (Å²) in [5, 5.41) is 2.88. The number of anilines is 2. The van der Waals surface area contributed by atoms with Gasteiger partial charge in [0.05, 0.1) is 18.1 Å². The highest BCUT2D eigenvalue weighted by molar-refractivity contribution is 5.92. The zero-order chi connectivity index (χ0) is 12.4. The van der Waals surface area contributed by atoms with Gasteiger partial charge in [0.15, 0.2) is 0 Å². The summed E-state index contributed by atoms with van der Waals surface area (Å²) < 4.78 is 0. The van der Waals surface area contributed by atoms with Gasteiger partial charge in [-0.2, -0.15) is 0 Å². The zero-order valence-electron chi connectivity index (χ0n) is 10.4. The Balaban J connectivity index is 1.61. The van der Waals surface area contributed by atoms with Gasteiger partial charge in [0, 0.05) is 19.0 Å². The molecule has 5 nitrogen and oxygen atoms in total. The van der Waals surface area contributed by atoms with Crippen molar-refractivity contribution in [2.24, 2.45) is 5.92 Å². The van der Waals surface area contributed by atoms with E-state index in [-0.39, 0.29) is 11.8 Å². The first-order chi connectivity index (χ1) is 8.83. The molecule has 18 heavy (non-hydrogen) atoms. The molecule has 2 aliphatic rings. The summed E-state index contributed by atoms with van der Waals surface area (Å²) in [5.74, 6) is 1.08. The summed E-state index contributed by atoms with van der Waals surface area (Å²) in [5.41, 5.74) is 0.704. The average Bonchev–Trinajstić information content (AvgIpc) is 2.81. The Labute approximate surface area is 107 Å². The fraction of sp³-hybridized carbons (Fsp3) is 0.615. The van der Waals surface area contributed by atoms with Crippen LogP contribution in [0.4, 0.5) is 11.6 Å². The second-order valence-electron chi connectivity index (χ2n) is 5.08. The van der Waals surface area contributed by atoms with Gasteiger partial charge in [-0.05, 0) is 25.7 Å². The second kappa shape index (κ2) is 4.92. The van der Waals surface area contributed by atoms with E-state index in [2.05, 4.69) is 20.2 Å². The number of nitrogens with one attached hydrogen (secondary N) is 1. The maximum atomic E-state index is 11.8. The van der Waals surface area contributed by atoms with Gasteiger partial charge in [0.1, 0.15) is 0 Å². The van der Waals surface area contributed by atoms with E-state index >= 15 is 0 Å². The summed E-state index contributed by atoms with van der Waals surface area (Å²) in [6, 6.07) is 0. The smallest absolute Gasteiger partial charge is 0.227 e. The van der Waals surface area contributed by atoms with Crippen LogP contribution < -0.4 is 10.2 Å². The van der Waals surface area contributed by atoms with E-state index in [4.69, 9.17) is 0 Å². The van der Waals surface area contributed by atoms with Crippen LogP contribution in [0.5, 0.6) is 0 Å². The maximum absolute atomic E-state index is 11.8. The minimum atomic E-state index is 0.110. The Morgan fingerprint density at radius 3 is 2.39 bits per heavy atom. The number of amides is 1. The summed E-state index contributed by atoms with van der Waals surface area (Å²) in [7, 11) is 0. The highest BCUT2D eigenvalue weighted by Crippen LogP contribution is 2.27. The number of hydrogen-bond acceptors (Lipinski definition) is 4. The topological polar surface area (TPSA) is 58.1 Å². The molecule has 1 aliphatic heterocycles. The van der Waals surface area contributed by atoms with E-state index in [9.17, 15) is 4.79 Å². The molecular formula is C13H18N4O. The van der Waals surface area contributed by atoms with E-state index in [0.717, 1.165) is 31.9 Å². The molecule has 0 radical (unpaired) electrons. The molecule has 2 heterocycles. The van der Waals surface area contributed by atoms with Crippen LogP contribution in [0.25, 0.3) is 0 Å². The molecule has 1 aliphatic carbocycles. The molecule has 1 amide bonds. The summed E-state index contributed by atoms with van der Waals surface area (Å²) in [4.78, 5) is 22.6. The molecule has 0 bridgehead atoms. The minimum Gasteiger partial charge on any atom is -0.341 e. The van der Waals surface area contributed by atoms with Crippen molar-refractivity contribution in [2.45, 2.75) is 32.1 Å². The van der Waals surface area contributed by atoms with Crippen LogP contribution in [0.3, 0.4) is 0 Å². The maximum Gasteiger partial charge on any atom is 0.227 e. The number of aromatic nitrogens is 2. The SMILES string of the molecule is O=C(Nc1cnc(N2CCCC2)nc1)C1CCC1. The molecule has 1 aromatic heterocycles. The molecule has 96 valence electrons. The molecule has 5 heteroatoms. The molecule has 1 saturated heterocycles. The van der Waals surface area contributed by atoms with Gasteiger partial charge in [-0.1, -0.05) is 6.42 Å². The third-order valence-electron chi connectivity index (χ3n) is 3.77. The van der Waals surface area contributed by atoms with Crippen molar-refractivity contribution in [1.82, 2.24) is 9.97 Å². The number of carbonyl (C=O) groups excluding carboxylic acids is 1. The molecule has 2 fully saturated rings. The van der Waals surface area contributed by atoms with Gasteiger partial charge >= 0.3 is 0 Å². The van der Waals surface area contributed by atoms with Gasteiger partial charge in [-0.25, -0.2) is 9.97 Å². The van der Waals surface area contributed by atoms with Crippen molar-refractivity contribution in [3.8, 4) is 0 Å². The molecular weight excluding hydrogens is 228 g/mol. The number of carbonyl (C=O) groups is 1. The van der Waals surface area contributed by atoms with Gasteiger partial charge in [0.2, 0.25) is 11.9 Å². The summed E-state index contributed by atoms with van der Waals surface area (Å²) in [6.45, 7) is 2.07. The molecule has 1 saturated carbocycles. The van der Waals surface area contributed by atoms with Crippen LogP contribution in [0.15, 0.2) is 12.4 Å². The average molecular weight is 246 g/mol. The van der Waals surface area contributed by atoms with E-state index in [1.807, 2.05) is 0 Å². The number of rotatable bonds is 3. The first-order valence-electron chi connectivity index (χ1n) is 6.71. The van der Waals surface area contributed by atoms with Crippen LogP contribution in [-0.4, -0.2) is 29.0 Å². The molecule has 3 rings (SSSR count).